The topological polar surface area (TPSA) is 87.2 Å². The molecule has 2 aliphatic carbocycles. The van der Waals surface area contributed by atoms with Crippen LogP contribution in [-0.4, -0.2) is 56.4 Å². The Bertz CT molecular complexity index is 995. The molecule has 1 saturated carbocycles. The summed E-state index contributed by atoms with van der Waals surface area (Å²) in [7, 11) is 4.32. The molecule has 2 N–H and O–H groups in total. The highest BCUT2D eigenvalue weighted by Crippen LogP contribution is 2.48. The van der Waals surface area contributed by atoms with Crippen molar-refractivity contribution < 1.29 is 9.84 Å². The number of aliphatic hydroxyl groups is 1. The lowest BCUT2D eigenvalue weighted by atomic mass is 9.92. The van der Waals surface area contributed by atoms with Gasteiger partial charge in [-0.25, -0.2) is 9.97 Å². The molecule has 0 spiro atoms. The number of aromatic nitrogens is 4. The Morgan fingerprint density at radius 1 is 1.23 bits per heavy atom. The van der Waals surface area contributed by atoms with Crippen LogP contribution in [0.4, 0.5) is 0 Å². The summed E-state index contributed by atoms with van der Waals surface area (Å²) in [6, 6.07) is 2.49. The zero-order chi connectivity index (χ0) is 20.7. The third-order valence-electron chi connectivity index (χ3n) is 6.74. The van der Waals surface area contributed by atoms with Crippen molar-refractivity contribution >= 4 is 21.6 Å². The van der Waals surface area contributed by atoms with Crippen molar-refractivity contribution in [1.29, 1.82) is 0 Å². The van der Waals surface area contributed by atoms with Crippen LogP contribution < -0.4 is 4.74 Å². The summed E-state index contributed by atoms with van der Waals surface area (Å²) >= 11 is 1.76. The highest BCUT2D eigenvalue weighted by molar-refractivity contribution is 7.19. The maximum absolute atomic E-state index is 10.7. The summed E-state index contributed by atoms with van der Waals surface area (Å²) in [4.78, 5) is 13.8. The van der Waals surface area contributed by atoms with Gasteiger partial charge in [0.2, 0.25) is 5.88 Å². The van der Waals surface area contributed by atoms with Crippen LogP contribution in [0.5, 0.6) is 5.88 Å². The molecular formula is C22H29N5O2S. The average molecular weight is 428 g/mol. The standard InChI is InChI=1S/C22H29N5O2S/c1-27(2)14-4-6-15(7-5-14)29-21-20-19-13(11-17(28)16-9-10-25-26-16)3-8-18(19)30-22(20)24-12-23-21/h9-10,12-15,17,28H,3-8,11H2,1-2H3,(H,25,26)/t13-,14?,15?,17+/m1/s1. The van der Waals surface area contributed by atoms with Crippen molar-refractivity contribution in [1.82, 2.24) is 25.1 Å². The summed E-state index contributed by atoms with van der Waals surface area (Å²) in [5.41, 5.74) is 2.07. The first-order chi connectivity index (χ1) is 14.6. The van der Waals surface area contributed by atoms with Gasteiger partial charge in [0.05, 0.1) is 17.2 Å². The number of hydrogen-bond donors (Lipinski definition) is 2. The van der Waals surface area contributed by atoms with Crippen LogP contribution in [-0.2, 0) is 6.42 Å². The smallest absolute Gasteiger partial charge is 0.225 e. The molecule has 3 aromatic heterocycles. The number of ether oxygens (including phenoxy) is 1. The lowest BCUT2D eigenvalue weighted by Gasteiger charge is -2.32. The van der Waals surface area contributed by atoms with E-state index in [1.807, 2.05) is 6.07 Å². The van der Waals surface area contributed by atoms with Gasteiger partial charge in [0.15, 0.2) is 0 Å². The van der Waals surface area contributed by atoms with Gasteiger partial charge < -0.3 is 14.7 Å². The minimum atomic E-state index is -0.547. The zero-order valence-corrected chi connectivity index (χ0v) is 18.4. The molecule has 0 unspecified atom stereocenters. The van der Waals surface area contributed by atoms with E-state index in [-0.39, 0.29) is 12.0 Å². The Morgan fingerprint density at radius 3 is 2.80 bits per heavy atom. The van der Waals surface area contributed by atoms with E-state index >= 15 is 0 Å². The molecule has 0 bridgehead atoms. The first-order valence-electron chi connectivity index (χ1n) is 10.9. The molecule has 3 aromatic rings. The van der Waals surface area contributed by atoms with Crippen molar-refractivity contribution in [2.45, 2.75) is 69.1 Å². The highest BCUT2D eigenvalue weighted by Gasteiger charge is 2.33. The molecule has 0 radical (unpaired) electrons. The van der Waals surface area contributed by atoms with Gasteiger partial charge in [-0.2, -0.15) is 5.10 Å². The Morgan fingerprint density at radius 2 is 2.07 bits per heavy atom. The van der Waals surface area contributed by atoms with Crippen molar-refractivity contribution in [2.24, 2.45) is 0 Å². The molecule has 0 aliphatic heterocycles. The molecule has 0 saturated heterocycles. The number of aliphatic hydroxyl groups excluding tert-OH is 1. The second-order valence-electron chi connectivity index (χ2n) is 8.81. The lowest BCUT2D eigenvalue weighted by molar-refractivity contribution is 0.108. The first-order valence-corrected chi connectivity index (χ1v) is 11.7. The second kappa shape index (κ2) is 8.24. The van der Waals surface area contributed by atoms with E-state index in [4.69, 9.17) is 4.74 Å². The summed E-state index contributed by atoms with van der Waals surface area (Å²) < 4.78 is 6.46. The molecule has 30 heavy (non-hydrogen) atoms. The predicted molar refractivity (Wildman–Crippen MR) is 117 cm³/mol. The van der Waals surface area contributed by atoms with Crippen molar-refractivity contribution in [3.63, 3.8) is 0 Å². The van der Waals surface area contributed by atoms with E-state index in [2.05, 4.69) is 39.2 Å². The summed E-state index contributed by atoms with van der Waals surface area (Å²) in [5, 5.41) is 18.6. The number of thiophene rings is 1. The fraction of sp³-hybridized carbons (Fsp3) is 0.591. The van der Waals surface area contributed by atoms with Gasteiger partial charge in [-0.15, -0.1) is 11.3 Å². The van der Waals surface area contributed by atoms with Crippen LogP contribution in [0.3, 0.4) is 0 Å². The van der Waals surface area contributed by atoms with Crippen molar-refractivity contribution in [3.05, 3.63) is 34.7 Å². The van der Waals surface area contributed by atoms with Gasteiger partial charge >= 0.3 is 0 Å². The van der Waals surface area contributed by atoms with Crippen molar-refractivity contribution in [3.8, 4) is 5.88 Å². The fourth-order valence-electron chi connectivity index (χ4n) is 5.05. The third kappa shape index (κ3) is 3.72. The first kappa shape index (κ1) is 19.9. The van der Waals surface area contributed by atoms with Crippen LogP contribution >= 0.6 is 11.3 Å². The fourth-order valence-corrected chi connectivity index (χ4v) is 6.28. The highest BCUT2D eigenvalue weighted by atomic mass is 32.1. The van der Waals surface area contributed by atoms with E-state index < -0.39 is 6.10 Å². The van der Waals surface area contributed by atoms with E-state index in [1.54, 1.807) is 23.9 Å². The largest absolute Gasteiger partial charge is 0.474 e. The summed E-state index contributed by atoms with van der Waals surface area (Å²) in [6.45, 7) is 0. The van der Waals surface area contributed by atoms with E-state index in [0.717, 1.165) is 60.3 Å². The molecule has 2 atom stereocenters. The number of rotatable bonds is 6. The molecular weight excluding hydrogens is 398 g/mol. The van der Waals surface area contributed by atoms with Gasteiger partial charge in [-0.05, 0) is 76.6 Å². The number of hydrogen-bond acceptors (Lipinski definition) is 7. The molecule has 7 nitrogen and oxygen atoms in total. The predicted octanol–water partition coefficient (Wildman–Crippen LogP) is 3.82. The summed E-state index contributed by atoms with van der Waals surface area (Å²) in [5.74, 6) is 1.01. The van der Waals surface area contributed by atoms with Crippen LogP contribution in [0.1, 0.15) is 66.7 Å². The van der Waals surface area contributed by atoms with Crippen LogP contribution in [0, 0.1) is 0 Å². The van der Waals surface area contributed by atoms with Crippen LogP contribution in [0.15, 0.2) is 18.6 Å². The maximum atomic E-state index is 10.7. The number of aryl methyl sites for hydroxylation is 1. The Labute approximate surface area is 180 Å². The number of aromatic amines is 1. The monoisotopic (exact) mass is 427 g/mol. The number of fused-ring (bicyclic) bond motifs is 3. The number of H-pyrrole nitrogens is 1. The van der Waals surface area contributed by atoms with Crippen LogP contribution in [0.25, 0.3) is 10.2 Å². The number of nitrogens with zero attached hydrogens (tertiary/aromatic N) is 4. The Hall–Kier alpha value is -2.03. The molecule has 8 heteroatoms. The molecule has 1 fully saturated rings. The normalized spacial score (nSPS) is 25.0. The van der Waals surface area contributed by atoms with Gasteiger partial charge in [0.1, 0.15) is 17.3 Å². The average Bonchev–Trinajstić information content (AvgIpc) is 3.46. The van der Waals surface area contributed by atoms with Gasteiger partial charge in [-0.3, -0.25) is 5.10 Å². The van der Waals surface area contributed by atoms with E-state index in [1.165, 1.54) is 10.4 Å². The molecule has 5 rings (SSSR count). The molecule has 160 valence electrons. The minimum absolute atomic E-state index is 0.213. The second-order valence-corrected chi connectivity index (χ2v) is 9.89. The lowest BCUT2D eigenvalue weighted by Crippen LogP contribution is -2.35. The van der Waals surface area contributed by atoms with Crippen molar-refractivity contribution in [2.75, 3.05) is 14.1 Å². The maximum Gasteiger partial charge on any atom is 0.225 e. The SMILES string of the molecule is CN(C)C1CCC(Oc2ncnc3sc4c(c23)[C@@H](C[C@H](O)c2ccn[nH]2)CC4)CC1. The van der Waals surface area contributed by atoms with Gasteiger partial charge in [0.25, 0.3) is 0 Å². The Balaban J connectivity index is 1.39. The minimum Gasteiger partial charge on any atom is -0.474 e. The third-order valence-corrected chi connectivity index (χ3v) is 7.91. The van der Waals surface area contributed by atoms with Gasteiger partial charge in [0, 0.05) is 17.1 Å². The quantitative estimate of drug-likeness (QED) is 0.622. The zero-order valence-electron chi connectivity index (χ0n) is 17.5. The molecule has 2 aliphatic rings. The molecule has 0 aromatic carbocycles. The number of nitrogens with one attached hydrogen (secondary N) is 1. The Kier molecular flexibility index (Phi) is 5.47. The molecule has 3 heterocycles. The molecule has 0 amide bonds. The van der Waals surface area contributed by atoms with E-state index in [0.29, 0.717) is 12.5 Å². The van der Waals surface area contributed by atoms with Gasteiger partial charge in [-0.1, -0.05) is 0 Å². The van der Waals surface area contributed by atoms with E-state index in [9.17, 15) is 5.11 Å². The summed E-state index contributed by atoms with van der Waals surface area (Å²) in [6.07, 6.45) is 10.2. The van der Waals surface area contributed by atoms with Crippen LogP contribution in [0.2, 0.25) is 0 Å².